The van der Waals surface area contributed by atoms with Gasteiger partial charge in [-0.15, -0.1) is 0 Å². The van der Waals surface area contributed by atoms with E-state index in [-0.39, 0.29) is 5.97 Å². The Kier molecular flexibility index (Phi) is 1.20. The molecule has 2 heteroatoms. The van der Waals surface area contributed by atoms with Gasteiger partial charge in [-0.3, -0.25) is 4.79 Å². The maximum absolute atomic E-state index is 11.0. The third-order valence-corrected chi connectivity index (χ3v) is 5.51. The number of rotatable bonds is 1. The van der Waals surface area contributed by atoms with Gasteiger partial charge >= 0.3 is 5.97 Å². The van der Waals surface area contributed by atoms with E-state index in [9.17, 15) is 4.79 Å². The van der Waals surface area contributed by atoms with Crippen molar-refractivity contribution in [3.05, 3.63) is 0 Å². The van der Waals surface area contributed by atoms with Crippen molar-refractivity contribution in [2.45, 2.75) is 32.3 Å². The SMILES string of the molecule is CC(=O)O[C@@H]1[C@H]2C[C@@H]3[C@@H]4CC[C@H]2[C@@H]4[C@H]31. The molecular weight excluding hydrogens is 176 g/mol. The molecule has 0 saturated heterocycles. The molecule has 0 aliphatic heterocycles. The van der Waals surface area contributed by atoms with Crippen LogP contribution < -0.4 is 0 Å². The van der Waals surface area contributed by atoms with Crippen LogP contribution in [0.2, 0.25) is 0 Å². The van der Waals surface area contributed by atoms with Gasteiger partial charge < -0.3 is 4.74 Å². The summed E-state index contributed by atoms with van der Waals surface area (Å²) in [5, 5.41) is 0. The monoisotopic (exact) mass is 192 g/mol. The maximum atomic E-state index is 11.0. The highest BCUT2D eigenvalue weighted by atomic mass is 16.5. The quantitative estimate of drug-likeness (QED) is 0.592. The fourth-order valence-electron chi connectivity index (χ4n) is 5.39. The molecule has 0 heterocycles. The van der Waals surface area contributed by atoms with E-state index in [1.54, 1.807) is 6.92 Å². The van der Waals surface area contributed by atoms with Gasteiger partial charge in [0.05, 0.1) is 0 Å². The van der Waals surface area contributed by atoms with Gasteiger partial charge in [-0.25, -0.2) is 0 Å². The van der Waals surface area contributed by atoms with E-state index in [4.69, 9.17) is 4.74 Å². The zero-order valence-electron chi connectivity index (χ0n) is 8.48. The normalized spacial score (nSPS) is 61.4. The number of fused-ring (bicyclic) bond motifs is 3. The summed E-state index contributed by atoms with van der Waals surface area (Å²) in [4.78, 5) is 11.0. The first-order chi connectivity index (χ1) is 6.77. The summed E-state index contributed by atoms with van der Waals surface area (Å²) >= 11 is 0. The Morgan fingerprint density at radius 1 is 1.07 bits per heavy atom. The Bertz CT molecular complexity index is 305. The number of hydrogen-bond donors (Lipinski definition) is 0. The molecule has 0 unspecified atom stereocenters. The van der Waals surface area contributed by atoms with Crippen molar-refractivity contribution in [2.75, 3.05) is 0 Å². The smallest absolute Gasteiger partial charge is 0.302 e. The molecule has 76 valence electrons. The van der Waals surface area contributed by atoms with Gasteiger partial charge in [-0.1, -0.05) is 0 Å². The molecule has 0 aromatic rings. The Labute approximate surface area is 84.0 Å². The summed E-state index contributed by atoms with van der Waals surface area (Å²) < 4.78 is 5.51. The van der Waals surface area contributed by atoms with E-state index >= 15 is 0 Å². The molecule has 0 aromatic heterocycles. The van der Waals surface area contributed by atoms with Gasteiger partial charge in [0.25, 0.3) is 0 Å². The van der Waals surface area contributed by atoms with Crippen molar-refractivity contribution in [1.29, 1.82) is 0 Å². The lowest BCUT2D eigenvalue weighted by Crippen LogP contribution is -2.45. The minimum absolute atomic E-state index is 0.0657. The van der Waals surface area contributed by atoms with Crippen LogP contribution >= 0.6 is 0 Å². The molecule has 4 aliphatic rings. The number of carbonyl (C=O) groups excluding carboxylic acids is 1. The zero-order valence-corrected chi connectivity index (χ0v) is 8.48. The molecular formula is C12H16O2. The highest BCUT2D eigenvalue weighted by Gasteiger charge is 2.73. The second-order valence-electron chi connectivity index (χ2n) is 5.70. The van der Waals surface area contributed by atoms with Crippen LogP contribution in [0.5, 0.6) is 0 Å². The van der Waals surface area contributed by atoms with Crippen LogP contribution in [0.15, 0.2) is 0 Å². The predicted molar refractivity (Wildman–Crippen MR) is 50.3 cm³/mol. The van der Waals surface area contributed by atoms with Crippen LogP contribution in [-0.2, 0) is 9.53 Å². The minimum atomic E-state index is -0.0657. The van der Waals surface area contributed by atoms with Gasteiger partial charge in [0.1, 0.15) is 6.10 Å². The number of ether oxygens (including phenoxy) is 1. The van der Waals surface area contributed by atoms with Crippen LogP contribution in [-0.4, -0.2) is 12.1 Å². The fraction of sp³-hybridized carbons (Fsp3) is 0.917. The molecule has 7 atom stereocenters. The highest BCUT2D eigenvalue weighted by Crippen LogP contribution is 2.75. The lowest BCUT2D eigenvalue weighted by molar-refractivity contribution is -0.151. The summed E-state index contributed by atoms with van der Waals surface area (Å²) in [5.41, 5.74) is 0. The summed E-state index contributed by atoms with van der Waals surface area (Å²) in [5.74, 6) is 5.32. The van der Waals surface area contributed by atoms with E-state index in [2.05, 4.69) is 0 Å². The topological polar surface area (TPSA) is 26.3 Å². The minimum Gasteiger partial charge on any atom is -0.462 e. The molecule has 2 bridgehead atoms. The van der Waals surface area contributed by atoms with Crippen LogP contribution in [0, 0.1) is 35.5 Å². The van der Waals surface area contributed by atoms with Crippen molar-refractivity contribution < 1.29 is 9.53 Å². The molecule has 0 radical (unpaired) electrons. The predicted octanol–water partition coefficient (Wildman–Crippen LogP) is 1.84. The van der Waals surface area contributed by atoms with Gasteiger partial charge in [0.15, 0.2) is 0 Å². The fourth-order valence-corrected chi connectivity index (χ4v) is 5.39. The Morgan fingerprint density at radius 3 is 2.43 bits per heavy atom. The van der Waals surface area contributed by atoms with E-state index in [1.807, 2.05) is 0 Å². The second kappa shape index (κ2) is 2.17. The van der Waals surface area contributed by atoms with Crippen molar-refractivity contribution >= 4 is 5.97 Å². The van der Waals surface area contributed by atoms with E-state index in [1.165, 1.54) is 19.3 Å². The first-order valence-electron chi connectivity index (χ1n) is 5.94. The third-order valence-electron chi connectivity index (χ3n) is 5.51. The molecule has 0 aromatic carbocycles. The van der Waals surface area contributed by atoms with Crippen LogP contribution in [0.1, 0.15) is 26.2 Å². The molecule has 4 fully saturated rings. The highest BCUT2D eigenvalue weighted by molar-refractivity contribution is 5.66. The molecule has 4 aliphatic carbocycles. The largest absolute Gasteiger partial charge is 0.462 e. The van der Waals surface area contributed by atoms with Crippen molar-refractivity contribution in [1.82, 2.24) is 0 Å². The first kappa shape index (κ1) is 7.72. The van der Waals surface area contributed by atoms with Crippen molar-refractivity contribution in [3.63, 3.8) is 0 Å². The van der Waals surface area contributed by atoms with Crippen molar-refractivity contribution in [2.24, 2.45) is 35.5 Å². The average molecular weight is 192 g/mol. The van der Waals surface area contributed by atoms with Crippen molar-refractivity contribution in [3.8, 4) is 0 Å². The average Bonchev–Trinajstić information content (AvgIpc) is 2.60. The zero-order chi connectivity index (χ0) is 9.45. The Balaban J connectivity index is 1.66. The van der Waals surface area contributed by atoms with E-state index in [0.717, 1.165) is 35.5 Å². The summed E-state index contributed by atoms with van der Waals surface area (Å²) in [7, 11) is 0. The van der Waals surface area contributed by atoms with Gasteiger partial charge in [-0.2, -0.15) is 0 Å². The van der Waals surface area contributed by atoms with Gasteiger partial charge in [0, 0.05) is 12.8 Å². The van der Waals surface area contributed by atoms with Gasteiger partial charge in [0.2, 0.25) is 0 Å². The van der Waals surface area contributed by atoms with E-state index in [0.29, 0.717) is 6.10 Å². The van der Waals surface area contributed by atoms with Crippen LogP contribution in [0.3, 0.4) is 0 Å². The first-order valence-corrected chi connectivity index (χ1v) is 5.94. The molecule has 4 saturated carbocycles. The number of carbonyl (C=O) groups is 1. The number of hydrogen-bond acceptors (Lipinski definition) is 2. The summed E-state index contributed by atoms with van der Waals surface area (Å²) in [6.07, 6.45) is 4.59. The number of esters is 1. The summed E-state index contributed by atoms with van der Waals surface area (Å²) in [6.45, 7) is 1.56. The molecule has 4 rings (SSSR count). The maximum Gasteiger partial charge on any atom is 0.302 e. The molecule has 0 amide bonds. The van der Waals surface area contributed by atoms with Crippen LogP contribution in [0.25, 0.3) is 0 Å². The van der Waals surface area contributed by atoms with E-state index < -0.39 is 0 Å². The second-order valence-corrected chi connectivity index (χ2v) is 5.70. The summed E-state index contributed by atoms with van der Waals surface area (Å²) in [6, 6.07) is 0. The molecule has 14 heavy (non-hydrogen) atoms. The Morgan fingerprint density at radius 2 is 1.79 bits per heavy atom. The third kappa shape index (κ3) is 0.636. The Hall–Kier alpha value is -0.530. The lowest BCUT2D eigenvalue weighted by Gasteiger charge is -2.48. The lowest BCUT2D eigenvalue weighted by atomic mass is 9.56. The molecule has 0 spiro atoms. The van der Waals surface area contributed by atoms with Gasteiger partial charge in [-0.05, 0) is 48.9 Å². The van der Waals surface area contributed by atoms with Crippen LogP contribution in [0.4, 0.5) is 0 Å². The molecule has 2 nitrogen and oxygen atoms in total. The standard InChI is InChI=1S/C12H16O2/c1-5(13)14-12-9-4-8-6-2-3-7(9)10(6)11(8)12/h6-12H,2-4H2,1H3/t6-,7+,8+,9-,10+,11-,12+/m0/s1. The molecule has 0 N–H and O–H groups in total.